The molecule has 2 N–H and O–H groups in total. The number of hydrogen-bond donors (Lipinski definition) is 2. The van der Waals surface area contributed by atoms with Gasteiger partial charge in [0.05, 0.1) is 4.90 Å². The Hall–Kier alpha value is -1.36. The van der Waals surface area contributed by atoms with Crippen LogP contribution < -0.4 is 10.0 Å². The fourth-order valence-corrected chi connectivity index (χ4v) is 4.18. The molecular formula is C15H19BrN4O3S2. The number of rotatable bonds is 8. The number of carbonyl (C=O) groups is 1. The predicted octanol–water partition coefficient (Wildman–Crippen LogP) is 2.81. The summed E-state index contributed by atoms with van der Waals surface area (Å²) in [5.74, 6) is 0.148. The molecule has 0 saturated heterocycles. The van der Waals surface area contributed by atoms with Crippen molar-refractivity contribution in [3.05, 3.63) is 33.7 Å². The molecule has 1 heterocycles. The first-order chi connectivity index (χ1) is 11.8. The Morgan fingerprint density at radius 3 is 2.56 bits per heavy atom. The molecular weight excluding hydrogens is 428 g/mol. The molecule has 136 valence electrons. The van der Waals surface area contributed by atoms with Gasteiger partial charge in [0.25, 0.3) is 0 Å². The molecule has 1 aromatic carbocycles. The number of sulfonamides is 1. The van der Waals surface area contributed by atoms with Crippen LogP contribution in [0.15, 0.2) is 33.6 Å². The zero-order valence-electron chi connectivity index (χ0n) is 13.8. The highest BCUT2D eigenvalue weighted by Gasteiger charge is 2.15. The van der Waals surface area contributed by atoms with Crippen molar-refractivity contribution >= 4 is 48.3 Å². The molecule has 1 aromatic heterocycles. The van der Waals surface area contributed by atoms with Crippen molar-refractivity contribution in [1.29, 1.82) is 0 Å². The predicted molar refractivity (Wildman–Crippen MR) is 101 cm³/mol. The van der Waals surface area contributed by atoms with Crippen LogP contribution in [-0.4, -0.2) is 31.1 Å². The Morgan fingerprint density at radius 1 is 1.24 bits per heavy atom. The van der Waals surface area contributed by atoms with Gasteiger partial charge in [-0.3, -0.25) is 4.79 Å². The first kappa shape index (κ1) is 20.0. The summed E-state index contributed by atoms with van der Waals surface area (Å²) in [5, 5.41) is 11.9. The van der Waals surface area contributed by atoms with Crippen molar-refractivity contribution in [2.24, 2.45) is 5.92 Å². The van der Waals surface area contributed by atoms with Crippen molar-refractivity contribution in [3.63, 3.8) is 0 Å². The summed E-state index contributed by atoms with van der Waals surface area (Å²) in [5.41, 5.74) is 0. The van der Waals surface area contributed by atoms with Crippen LogP contribution in [0.2, 0.25) is 0 Å². The minimum atomic E-state index is -3.63. The molecule has 0 bridgehead atoms. The summed E-state index contributed by atoms with van der Waals surface area (Å²) in [6.45, 7) is 4.16. The smallest absolute Gasteiger partial charge is 0.240 e. The van der Waals surface area contributed by atoms with Crippen LogP contribution in [0.25, 0.3) is 0 Å². The van der Waals surface area contributed by atoms with Gasteiger partial charge in [0, 0.05) is 23.9 Å². The van der Waals surface area contributed by atoms with Gasteiger partial charge < -0.3 is 5.32 Å². The zero-order chi connectivity index (χ0) is 18.4. The van der Waals surface area contributed by atoms with Crippen LogP contribution >= 0.6 is 27.3 Å². The Kier molecular flexibility index (Phi) is 7.05. The maximum atomic E-state index is 12.1. The molecule has 0 aliphatic rings. The van der Waals surface area contributed by atoms with Crippen LogP contribution in [0, 0.1) is 5.92 Å². The van der Waals surface area contributed by atoms with Gasteiger partial charge >= 0.3 is 0 Å². The van der Waals surface area contributed by atoms with Crippen molar-refractivity contribution in [1.82, 2.24) is 14.9 Å². The number of carbonyl (C=O) groups excluding carboxylic acids is 1. The van der Waals surface area contributed by atoms with Gasteiger partial charge in [-0.2, -0.15) is 0 Å². The van der Waals surface area contributed by atoms with E-state index in [0.717, 1.165) is 15.9 Å². The van der Waals surface area contributed by atoms with Crippen molar-refractivity contribution in [2.45, 2.75) is 31.6 Å². The zero-order valence-corrected chi connectivity index (χ0v) is 17.0. The number of hydrogen-bond acceptors (Lipinski definition) is 6. The number of anilines is 1. The molecule has 0 saturated carbocycles. The van der Waals surface area contributed by atoms with E-state index in [1.54, 1.807) is 12.1 Å². The van der Waals surface area contributed by atoms with E-state index < -0.39 is 10.0 Å². The van der Waals surface area contributed by atoms with E-state index in [2.05, 4.69) is 50.0 Å². The average molecular weight is 447 g/mol. The van der Waals surface area contributed by atoms with Gasteiger partial charge in [-0.1, -0.05) is 41.1 Å². The van der Waals surface area contributed by atoms with E-state index >= 15 is 0 Å². The highest BCUT2D eigenvalue weighted by Crippen LogP contribution is 2.18. The number of nitrogens with zero attached hydrogens (tertiary/aromatic N) is 2. The van der Waals surface area contributed by atoms with E-state index in [1.165, 1.54) is 23.5 Å². The molecule has 0 fully saturated rings. The average Bonchev–Trinajstić information content (AvgIpc) is 2.93. The molecule has 0 spiro atoms. The van der Waals surface area contributed by atoms with E-state index in [-0.39, 0.29) is 23.8 Å². The molecule has 0 atom stereocenters. The summed E-state index contributed by atoms with van der Waals surface area (Å²) < 4.78 is 27.4. The Bertz CT molecular complexity index is 820. The summed E-state index contributed by atoms with van der Waals surface area (Å²) in [6.07, 6.45) is 0.815. The Balaban J connectivity index is 1.81. The molecule has 0 aliphatic carbocycles. The third kappa shape index (κ3) is 6.46. The lowest BCUT2D eigenvalue weighted by Gasteiger charge is -2.06. The molecule has 1 amide bonds. The van der Waals surface area contributed by atoms with E-state index in [0.29, 0.717) is 11.0 Å². The third-order valence-electron chi connectivity index (χ3n) is 3.06. The lowest BCUT2D eigenvalue weighted by molar-refractivity contribution is -0.116. The molecule has 10 heteroatoms. The number of aromatic nitrogens is 2. The molecule has 0 radical (unpaired) electrons. The molecule has 2 rings (SSSR count). The first-order valence-electron chi connectivity index (χ1n) is 7.64. The van der Waals surface area contributed by atoms with Crippen LogP contribution in [-0.2, 0) is 21.2 Å². The van der Waals surface area contributed by atoms with Gasteiger partial charge in [-0.05, 0) is 30.2 Å². The largest absolute Gasteiger partial charge is 0.300 e. The van der Waals surface area contributed by atoms with Gasteiger partial charge in [0.2, 0.25) is 21.1 Å². The van der Waals surface area contributed by atoms with Crippen LogP contribution in [0.3, 0.4) is 0 Å². The second-order valence-corrected chi connectivity index (χ2v) is 9.49. The topological polar surface area (TPSA) is 101 Å². The lowest BCUT2D eigenvalue weighted by atomic mass is 10.1. The normalized spacial score (nSPS) is 11.7. The van der Waals surface area contributed by atoms with E-state index in [9.17, 15) is 13.2 Å². The summed E-state index contributed by atoms with van der Waals surface area (Å²) in [4.78, 5) is 12.0. The maximum Gasteiger partial charge on any atom is 0.240 e. The van der Waals surface area contributed by atoms with Gasteiger partial charge in [-0.15, -0.1) is 10.2 Å². The Labute approximate surface area is 159 Å². The SMILES string of the molecule is CC(C)Cc1nnc(NC(=O)CCNS(=O)(=O)c2ccc(Br)cc2)s1. The fourth-order valence-electron chi connectivity index (χ4n) is 1.91. The number of amides is 1. The van der Waals surface area contributed by atoms with Gasteiger partial charge in [-0.25, -0.2) is 13.1 Å². The molecule has 25 heavy (non-hydrogen) atoms. The number of halogens is 1. The summed E-state index contributed by atoms with van der Waals surface area (Å²) >= 11 is 4.58. The standard InChI is InChI=1S/C15H19BrN4O3S2/c1-10(2)9-14-19-20-15(24-14)18-13(21)7-8-17-25(22,23)12-5-3-11(16)4-6-12/h3-6,10,17H,7-9H2,1-2H3,(H,18,20,21). The van der Waals surface area contributed by atoms with Crippen LogP contribution in [0.5, 0.6) is 0 Å². The quantitative estimate of drug-likeness (QED) is 0.648. The molecule has 0 unspecified atom stereocenters. The highest BCUT2D eigenvalue weighted by atomic mass is 79.9. The van der Waals surface area contributed by atoms with Crippen molar-refractivity contribution < 1.29 is 13.2 Å². The van der Waals surface area contributed by atoms with Gasteiger partial charge in [0.15, 0.2) is 0 Å². The fraction of sp³-hybridized carbons (Fsp3) is 0.400. The minimum absolute atomic E-state index is 0.00187. The maximum absolute atomic E-state index is 12.1. The van der Waals surface area contributed by atoms with Crippen LogP contribution in [0.1, 0.15) is 25.3 Å². The summed E-state index contributed by atoms with van der Waals surface area (Å²) in [7, 11) is -3.63. The second-order valence-electron chi connectivity index (χ2n) is 5.75. The summed E-state index contributed by atoms with van der Waals surface area (Å²) in [6, 6.07) is 6.27. The van der Waals surface area contributed by atoms with E-state index in [1.807, 2.05) is 0 Å². The second kappa shape index (κ2) is 8.84. The number of nitrogens with one attached hydrogen (secondary N) is 2. The van der Waals surface area contributed by atoms with Crippen LogP contribution in [0.4, 0.5) is 5.13 Å². The molecule has 0 aliphatic heterocycles. The molecule has 2 aromatic rings. The molecule has 7 nitrogen and oxygen atoms in total. The Morgan fingerprint density at radius 2 is 1.92 bits per heavy atom. The lowest BCUT2D eigenvalue weighted by Crippen LogP contribution is -2.27. The van der Waals surface area contributed by atoms with Crippen molar-refractivity contribution in [3.8, 4) is 0 Å². The minimum Gasteiger partial charge on any atom is -0.300 e. The monoisotopic (exact) mass is 446 g/mol. The van der Waals surface area contributed by atoms with E-state index in [4.69, 9.17) is 0 Å². The third-order valence-corrected chi connectivity index (χ3v) is 5.93. The first-order valence-corrected chi connectivity index (χ1v) is 10.7. The van der Waals surface area contributed by atoms with Crippen molar-refractivity contribution in [2.75, 3.05) is 11.9 Å². The number of benzene rings is 1. The van der Waals surface area contributed by atoms with Gasteiger partial charge in [0.1, 0.15) is 5.01 Å². The highest BCUT2D eigenvalue weighted by molar-refractivity contribution is 9.10.